The summed E-state index contributed by atoms with van der Waals surface area (Å²) in [6, 6.07) is 3.13. The maximum absolute atomic E-state index is 11.4. The number of aromatic nitrogens is 4. The Hall–Kier alpha value is -1.73. The van der Waals surface area contributed by atoms with Gasteiger partial charge >= 0.3 is 0 Å². The number of rotatable bonds is 4. The van der Waals surface area contributed by atoms with Gasteiger partial charge in [0.25, 0.3) is 5.56 Å². The molecule has 1 N–H and O–H groups in total. The van der Waals surface area contributed by atoms with Crippen LogP contribution in [0, 0.1) is 0 Å². The Balaban J connectivity index is 2.24. The van der Waals surface area contributed by atoms with Gasteiger partial charge in [-0.2, -0.15) is 0 Å². The van der Waals surface area contributed by atoms with E-state index in [1.54, 1.807) is 25.6 Å². The fraction of sp³-hybridized carbons (Fsp3) is 0.200. The molecule has 0 atom stereocenters. The molecule has 17 heavy (non-hydrogen) atoms. The fourth-order valence-electron chi connectivity index (χ4n) is 1.18. The van der Waals surface area contributed by atoms with E-state index in [1.165, 1.54) is 17.8 Å². The Morgan fingerprint density at radius 3 is 2.88 bits per heavy atom. The molecule has 2 heterocycles. The summed E-state index contributed by atoms with van der Waals surface area (Å²) in [4.78, 5) is 26.3. The van der Waals surface area contributed by atoms with Crippen molar-refractivity contribution < 1.29 is 4.74 Å². The van der Waals surface area contributed by atoms with Crippen molar-refractivity contribution in [2.24, 2.45) is 0 Å². The second-order valence-corrected chi connectivity index (χ2v) is 4.06. The average Bonchev–Trinajstić information content (AvgIpc) is 2.30. The van der Waals surface area contributed by atoms with Gasteiger partial charge in [0.15, 0.2) is 10.3 Å². The predicted molar refractivity (Wildman–Crippen MR) is 61.7 cm³/mol. The molecule has 0 aliphatic heterocycles. The summed E-state index contributed by atoms with van der Waals surface area (Å²) in [5.74, 6) is 0. The van der Waals surface area contributed by atoms with Crippen LogP contribution < -0.4 is 5.56 Å². The summed E-state index contributed by atoms with van der Waals surface area (Å²) in [7, 11) is 1.55. The molecule has 6 nitrogen and oxygen atoms in total. The van der Waals surface area contributed by atoms with Gasteiger partial charge in [0.1, 0.15) is 0 Å². The molecular formula is C10H10N4O2S. The van der Waals surface area contributed by atoms with Crippen LogP contribution in [0.15, 0.2) is 39.6 Å². The van der Waals surface area contributed by atoms with E-state index in [1.807, 2.05) is 0 Å². The van der Waals surface area contributed by atoms with E-state index in [2.05, 4.69) is 19.9 Å². The van der Waals surface area contributed by atoms with Gasteiger partial charge in [-0.15, -0.1) is 0 Å². The molecule has 2 aromatic rings. The Labute approximate surface area is 101 Å². The van der Waals surface area contributed by atoms with Crippen molar-refractivity contribution in [3.63, 3.8) is 0 Å². The van der Waals surface area contributed by atoms with Crippen LogP contribution in [-0.2, 0) is 11.3 Å². The lowest BCUT2D eigenvalue weighted by molar-refractivity contribution is 0.180. The van der Waals surface area contributed by atoms with E-state index in [4.69, 9.17) is 4.74 Å². The molecule has 0 saturated heterocycles. The van der Waals surface area contributed by atoms with Gasteiger partial charge in [0, 0.05) is 25.6 Å². The molecule has 2 rings (SSSR count). The minimum absolute atomic E-state index is 0.217. The number of ether oxygens (including phenoxy) is 1. The lowest BCUT2D eigenvalue weighted by atomic mass is 10.4. The third-order valence-electron chi connectivity index (χ3n) is 1.80. The minimum atomic E-state index is -0.217. The number of methoxy groups -OCH3 is 1. The van der Waals surface area contributed by atoms with Gasteiger partial charge in [-0.25, -0.2) is 15.0 Å². The molecule has 0 radical (unpaired) electrons. The molecular weight excluding hydrogens is 240 g/mol. The summed E-state index contributed by atoms with van der Waals surface area (Å²) in [6.07, 6.45) is 3.26. The van der Waals surface area contributed by atoms with Crippen LogP contribution in [0.3, 0.4) is 0 Å². The first-order chi connectivity index (χ1) is 8.28. The highest BCUT2D eigenvalue weighted by atomic mass is 32.2. The summed E-state index contributed by atoms with van der Waals surface area (Å²) in [5.41, 5.74) is 0.361. The molecule has 0 bridgehead atoms. The van der Waals surface area contributed by atoms with Gasteiger partial charge in [0.2, 0.25) is 0 Å². The van der Waals surface area contributed by atoms with E-state index in [0.29, 0.717) is 22.6 Å². The van der Waals surface area contributed by atoms with Gasteiger partial charge in [-0.05, 0) is 17.8 Å². The highest BCUT2D eigenvalue weighted by Gasteiger charge is 2.04. The first-order valence-electron chi connectivity index (χ1n) is 4.82. The zero-order chi connectivity index (χ0) is 12.1. The van der Waals surface area contributed by atoms with Crippen molar-refractivity contribution in [2.75, 3.05) is 7.11 Å². The van der Waals surface area contributed by atoms with Crippen LogP contribution in [0.4, 0.5) is 0 Å². The van der Waals surface area contributed by atoms with E-state index >= 15 is 0 Å². The maximum atomic E-state index is 11.4. The molecule has 2 aromatic heterocycles. The second-order valence-electron chi connectivity index (χ2n) is 3.11. The molecule has 0 amide bonds. The third kappa shape index (κ3) is 3.36. The normalized spacial score (nSPS) is 10.4. The van der Waals surface area contributed by atoms with Crippen molar-refractivity contribution >= 4 is 11.8 Å². The molecule has 88 valence electrons. The maximum Gasteiger partial charge on any atom is 0.251 e. The highest BCUT2D eigenvalue weighted by molar-refractivity contribution is 7.99. The summed E-state index contributed by atoms with van der Waals surface area (Å²) in [5, 5.41) is 0.987. The molecule has 0 spiro atoms. The third-order valence-corrected chi connectivity index (χ3v) is 2.58. The van der Waals surface area contributed by atoms with Crippen LogP contribution in [0.1, 0.15) is 5.69 Å². The standard InChI is InChI=1S/C10H10N4O2S/c1-16-6-7-5-8(15)14-10(13-7)17-9-11-3-2-4-12-9/h2-5H,6H2,1H3,(H,13,14,15). The molecule has 7 heteroatoms. The molecule has 0 aliphatic rings. The number of nitrogens with one attached hydrogen (secondary N) is 1. The zero-order valence-electron chi connectivity index (χ0n) is 9.08. The summed E-state index contributed by atoms with van der Waals surface area (Å²) in [6.45, 7) is 0.299. The largest absolute Gasteiger partial charge is 0.378 e. The lowest BCUT2D eigenvalue weighted by Crippen LogP contribution is -2.10. The van der Waals surface area contributed by atoms with Crippen molar-refractivity contribution in [1.82, 2.24) is 19.9 Å². The lowest BCUT2D eigenvalue weighted by Gasteiger charge is -2.01. The zero-order valence-corrected chi connectivity index (χ0v) is 9.90. The van der Waals surface area contributed by atoms with Crippen LogP contribution in [-0.4, -0.2) is 27.0 Å². The van der Waals surface area contributed by atoms with E-state index < -0.39 is 0 Å². The smallest absolute Gasteiger partial charge is 0.251 e. The van der Waals surface area contributed by atoms with E-state index in [0.717, 1.165) is 0 Å². The number of hydrogen-bond donors (Lipinski definition) is 1. The predicted octanol–water partition coefficient (Wildman–Crippen LogP) is 0.857. The van der Waals surface area contributed by atoms with Crippen LogP contribution >= 0.6 is 11.8 Å². The van der Waals surface area contributed by atoms with Crippen LogP contribution in [0.2, 0.25) is 0 Å². The van der Waals surface area contributed by atoms with E-state index in [-0.39, 0.29) is 5.56 Å². The Morgan fingerprint density at radius 1 is 1.41 bits per heavy atom. The van der Waals surface area contributed by atoms with Gasteiger partial charge in [-0.3, -0.25) is 4.79 Å². The molecule has 0 fully saturated rings. The van der Waals surface area contributed by atoms with Crippen LogP contribution in [0.5, 0.6) is 0 Å². The Morgan fingerprint density at radius 2 is 2.18 bits per heavy atom. The van der Waals surface area contributed by atoms with Crippen molar-refractivity contribution in [2.45, 2.75) is 16.9 Å². The molecule has 0 saturated carbocycles. The SMILES string of the molecule is COCc1cc(=O)[nH]c(Sc2ncccn2)n1. The molecule has 0 aromatic carbocycles. The number of H-pyrrole nitrogens is 1. The van der Waals surface area contributed by atoms with Gasteiger partial charge in [-0.1, -0.05) is 0 Å². The van der Waals surface area contributed by atoms with E-state index in [9.17, 15) is 4.79 Å². The van der Waals surface area contributed by atoms with Crippen molar-refractivity contribution in [3.05, 3.63) is 40.6 Å². The first-order valence-corrected chi connectivity index (χ1v) is 5.63. The summed E-state index contributed by atoms with van der Waals surface area (Å²) < 4.78 is 4.93. The van der Waals surface area contributed by atoms with Crippen LogP contribution in [0.25, 0.3) is 0 Å². The Bertz CT molecular complexity index is 544. The Kier molecular flexibility index (Phi) is 3.84. The number of hydrogen-bond acceptors (Lipinski definition) is 6. The average molecular weight is 250 g/mol. The fourth-order valence-corrected chi connectivity index (χ4v) is 1.89. The number of aromatic amines is 1. The molecule has 0 unspecified atom stereocenters. The highest BCUT2D eigenvalue weighted by Crippen LogP contribution is 2.18. The van der Waals surface area contributed by atoms with Crippen molar-refractivity contribution in [1.29, 1.82) is 0 Å². The second kappa shape index (κ2) is 5.55. The van der Waals surface area contributed by atoms with Gasteiger partial charge in [0.05, 0.1) is 12.3 Å². The van der Waals surface area contributed by atoms with Crippen molar-refractivity contribution in [3.8, 4) is 0 Å². The quantitative estimate of drug-likeness (QED) is 0.810. The first kappa shape index (κ1) is 11.7. The summed E-state index contributed by atoms with van der Waals surface area (Å²) >= 11 is 1.20. The monoisotopic (exact) mass is 250 g/mol. The topological polar surface area (TPSA) is 80.8 Å². The molecule has 0 aliphatic carbocycles. The van der Waals surface area contributed by atoms with Gasteiger partial charge < -0.3 is 9.72 Å². The minimum Gasteiger partial charge on any atom is -0.378 e. The number of nitrogens with zero attached hydrogens (tertiary/aromatic N) is 3.